The van der Waals surface area contributed by atoms with Gasteiger partial charge in [-0.1, -0.05) is 31.4 Å². The van der Waals surface area contributed by atoms with E-state index in [0.29, 0.717) is 22.6 Å². The van der Waals surface area contributed by atoms with Gasteiger partial charge >= 0.3 is 0 Å². The van der Waals surface area contributed by atoms with E-state index in [1.54, 1.807) is 50.4 Å². The van der Waals surface area contributed by atoms with Crippen molar-refractivity contribution in [1.29, 1.82) is 0 Å². The van der Waals surface area contributed by atoms with E-state index in [4.69, 9.17) is 4.74 Å². The number of nitrogens with zero attached hydrogens (tertiary/aromatic N) is 2. The Labute approximate surface area is 186 Å². The standard InChI is InChI=1S/C25H26FN3O3/c1-16-23(30)22(18-9-6-10-21(15-18)32-2)24(27-25(31)17-7-4-3-5-8-17)29(28-16)20-13-11-19(26)12-14-20/h6,9-15,17H,3-5,7-8H2,1-2H3,(H,27,31). The molecule has 0 bridgehead atoms. The molecule has 0 radical (unpaired) electrons. The van der Waals surface area contributed by atoms with Crippen LogP contribution in [0, 0.1) is 18.7 Å². The van der Waals surface area contributed by atoms with Gasteiger partial charge in [-0.25, -0.2) is 9.07 Å². The highest BCUT2D eigenvalue weighted by molar-refractivity contribution is 5.96. The highest BCUT2D eigenvalue weighted by atomic mass is 19.1. The zero-order chi connectivity index (χ0) is 22.7. The van der Waals surface area contributed by atoms with Crippen LogP contribution >= 0.6 is 0 Å². The van der Waals surface area contributed by atoms with Crippen molar-refractivity contribution in [3.05, 3.63) is 70.3 Å². The zero-order valence-electron chi connectivity index (χ0n) is 18.2. The molecular formula is C25H26FN3O3. The van der Waals surface area contributed by atoms with Gasteiger partial charge < -0.3 is 10.1 Å². The lowest BCUT2D eigenvalue weighted by Crippen LogP contribution is -2.29. The molecule has 1 aliphatic carbocycles. The Bertz CT molecular complexity index is 1180. The van der Waals surface area contributed by atoms with E-state index < -0.39 is 0 Å². The van der Waals surface area contributed by atoms with Gasteiger partial charge in [0, 0.05) is 5.92 Å². The monoisotopic (exact) mass is 435 g/mol. The lowest BCUT2D eigenvalue weighted by atomic mass is 9.88. The molecule has 2 aromatic carbocycles. The summed E-state index contributed by atoms with van der Waals surface area (Å²) in [4.78, 5) is 26.4. The molecule has 7 heteroatoms. The first kappa shape index (κ1) is 21.7. The maximum atomic E-state index is 13.6. The van der Waals surface area contributed by atoms with E-state index in [9.17, 15) is 14.0 Å². The normalized spacial score (nSPS) is 14.2. The number of halogens is 1. The van der Waals surface area contributed by atoms with E-state index >= 15 is 0 Å². The molecule has 1 heterocycles. The Morgan fingerprint density at radius 3 is 2.53 bits per heavy atom. The first-order valence-corrected chi connectivity index (χ1v) is 10.8. The van der Waals surface area contributed by atoms with Crippen LogP contribution in [-0.4, -0.2) is 22.8 Å². The largest absolute Gasteiger partial charge is 0.497 e. The van der Waals surface area contributed by atoms with E-state index in [1.165, 1.54) is 16.8 Å². The minimum atomic E-state index is -0.382. The maximum absolute atomic E-state index is 13.6. The number of benzene rings is 2. The number of amides is 1. The number of anilines is 1. The van der Waals surface area contributed by atoms with Gasteiger partial charge in [0.05, 0.1) is 18.4 Å². The summed E-state index contributed by atoms with van der Waals surface area (Å²) in [6.07, 6.45) is 4.79. The molecule has 3 aromatic rings. The molecule has 0 saturated heterocycles. The molecule has 166 valence electrons. The molecule has 0 atom stereocenters. The van der Waals surface area contributed by atoms with Crippen molar-refractivity contribution >= 4 is 11.7 Å². The highest BCUT2D eigenvalue weighted by Gasteiger charge is 2.25. The maximum Gasteiger partial charge on any atom is 0.228 e. The molecule has 1 N–H and O–H groups in total. The second-order valence-electron chi connectivity index (χ2n) is 8.08. The Balaban J connectivity index is 1.91. The van der Waals surface area contributed by atoms with Gasteiger partial charge in [-0.3, -0.25) is 9.59 Å². The molecule has 32 heavy (non-hydrogen) atoms. The summed E-state index contributed by atoms with van der Waals surface area (Å²) in [7, 11) is 1.56. The topological polar surface area (TPSA) is 73.2 Å². The van der Waals surface area contributed by atoms with Crippen LogP contribution in [-0.2, 0) is 4.79 Å². The summed E-state index contributed by atoms with van der Waals surface area (Å²) < 4.78 is 20.4. The van der Waals surface area contributed by atoms with Crippen molar-refractivity contribution in [2.75, 3.05) is 12.4 Å². The summed E-state index contributed by atoms with van der Waals surface area (Å²) in [5.41, 5.74) is 1.45. The number of ether oxygens (including phenoxy) is 1. The van der Waals surface area contributed by atoms with Crippen molar-refractivity contribution in [3.63, 3.8) is 0 Å². The van der Waals surface area contributed by atoms with Crippen LogP contribution in [0.5, 0.6) is 5.75 Å². The first-order chi connectivity index (χ1) is 15.5. The molecule has 6 nitrogen and oxygen atoms in total. The van der Waals surface area contributed by atoms with Gasteiger partial charge in [0.1, 0.15) is 23.1 Å². The third-order valence-corrected chi connectivity index (χ3v) is 5.90. The average molecular weight is 435 g/mol. The molecule has 1 amide bonds. The van der Waals surface area contributed by atoms with E-state index in [1.807, 2.05) is 0 Å². The molecule has 4 rings (SSSR count). The SMILES string of the molecule is COc1cccc(-c2c(NC(=O)C3CCCCC3)n(-c3ccc(F)cc3)nc(C)c2=O)c1. The molecule has 1 fully saturated rings. The fraction of sp³-hybridized carbons (Fsp3) is 0.320. The minimum Gasteiger partial charge on any atom is -0.497 e. The van der Waals surface area contributed by atoms with E-state index in [0.717, 1.165) is 32.1 Å². The number of rotatable bonds is 5. The van der Waals surface area contributed by atoms with Gasteiger partial charge in [0.15, 0.2) is 0 Å². The average Bonchev–Trinajstić information content (AvgIpc) is 2.82. The summed E-state index contributed by atoms with van der Waals surface area (Å²) in [6, 6.07) is 12.9. The molecule has 0 spiro atoms. The van der Waals surface area contributed by atoms with Crippen LogP contribution < -0.4 is 15.5 Å². The Hall–Kier alpha value is -3.48. The predicted octanol–water partition coefficient (Wildman–Crippen LogP) is 4.87. The Morgan fingerprint density at radius 1 is 1.12 bits per heavy atom. The number of methoxy groups -OCH3 is 1. The fourth-order valence-corrected chi connectivity index (χ4v) is 4.15. The fourth-order valence-electron chi connectivity index (χ4n) is 4.15. The smallest absolute Gasteiger partial charge is 0.228 e. The minimum absolute atomic E-state index is 0.111. The summed E-state index contributed by atoms with van der Waals surface area (Å²) in [5.74, 6) is 0.243. The summed E-state index contributed by atoms with van der Waals surface area (Å²) >= 11 is 0. The number of hydrogen-bond acceptors (Lipinski definition) is 4. The number of carbonyl (C=O) groups is 1. The first-order valence-electron chi connectivity index (χ1n) is 10.8. The number of nitrogens with one attached hydrogen (secondary N) is 1. The van der Waals surface area contributed by atoms with Gasteiger partial charge in [0.2, 0.25) is 11.3 Å². The molecule has 1 aromatic heterocycles. The summed E-state index contributed by atoms with van der Waals surface area (Å²) in [6.45, 7) is 1.62. The summed E-state index contributed by atoms with van der Waals surface area (Å²) in [5, 5.41) is 7.43. The quantitative estimate of drug-likeness (QED) is 0.620. The third-order valence-electron chi connectivity index (χ3n) is 5.90. The Morgan fingerprint density at radius 2 is 1.84 bits per heavy atom. The van der Waals surface area contributed by atoms with E-state index in [2.05, 4.69) is 10.4 Å². The van der Waals surface area contributed by atoms with Crippen molar-refractivity contribution < 1.29 is 13.9 Å². The van der Waals surface area contributed by atoms with Crippen LogP contribution in [0.2, 0.25) is 0 Å². The molecular weight excluding hydrogens is 409 g/mol. The van der Waals surface area contributed by atoms with Crippen molar-refractivity contribution in [1.82, 2.24) is 9.78 Å². The molecule has 0 unspecified atom stereocenters. The van der Waals surface area contributed by atoms with Crippen LogP contribution in [0.25, 0.3) is 16.8 Å². The Kier molecular flexibility index (Phi) is 6.35. The lowest BCUT2D eigenvalue weighted by Gasteiger charge is -2.23. The number of aromatic nitrogens is 2. The van der Waals surface area contributed by atoms with Crippen molar-refractivity contribution in [2.24, 2.45) is 5.92 Å². The molecule has 0 aliphatic heterocycles. The third kappa shape index (κ3) is 4.42. The van der Waals surface area contributed by atoms with Crippen molar-refractivity contribution in [2.45, 2.75) is 39.0 Å². The predicted molar refractivity (Wildman–Crippen MR) is 122 cm³/mol. The highest BCUT2D eigenvalue weighted by Crippen LogP contribution is 2.31. The molecule has 1 saturated carbocycles. The van der Waals surface area contributed by atoms with Crippen molar-refractivity contribution in [3.8, 4) is 22.6 Å². The van der Waals surface area contributed by atoms with Gasteiger partial charge in [-0.2, -0.15) is 5.10 Å². The second kappa shape index (κ2) is 9.34. The second-order valence-corrected chi connectivity index (χ2v) is 8.08. The van der Waals surface area contributed by atoms with Gasteiger partial charge in [-0.05, 0) is 61.7 Å². The number of hydrogen-bond donors (Lipinski definition) is 1. The lowest BCUT2D eigenvalue weighted by molar-refractivity contribution is -0.120. The van der Waals surface area contributed by atoms with Crippen LogP contribution in [0.3, 0.4) is 0 Å². The van der Waals surface area contributed by atoms with Gasteiger partial charge in [0.25, 0.3) is 0 Å². The number of carbonyl (C=O) groups excluding carboxylic acids is 1. The van der Waals surface area contributed by atoms with Crippen LogP contribution in [0.4, 0.5) is 10.2 Å². The van der Waals surface area contributed by atoms with Gasteiger partial charge in [-0.15, -0.1) is 0 Å². The molecule has 1 aliphatic rings. The van der Waals surface area contributed by atoms with Crippen LogP contribution in [0.15, 0.2) is 53.3 Å². The zero-order valence-corrected chi connectivity index (χ0v) is 18.2. The van der Waals surface area contributed by atoms with E-state index in [-0.39, 0.29) is 34.6 Å². The number of aryl methyl sites for hydroxylation is 1. The van der Waals surface area contributed by atoms with Crippen LogP contribution in [0.1, 0.15) is 37.8 Å².